The number of hydrogen-bond donors (Lipinski definition) is 2. The average molecular weight is 246 g/mol. The predicted molar refractivity (Wildman–Crippen MR) is 69.2 cm³/mol. The molecule has 0 spiro atoms. The summed E-state index contributed by atoms with van der Waals surface area (Å²) in [5.41, 5.74) is 0.683. The molecule has 2 aromatic rings. The summed E-state index contributed by atoms with van der Waals surface area (Å²) in [5, 5.41) is 2.99. The van der Waals surface area contributed by atoms with Gasteiger partial charge in [-0.25, -0.2) is 4.98 Å². The second kappa shape index (κ2) is 5.53. The normalized spacial score (nSPS) is 12.3. The van der Waals surface area contributed by atoms with Crippen molar-refractivity contribution in [2.75, 3.05) is 0 Å². The van der Waals surface area contributed by atoms with Crippen LogP contribution in [0.15, 0.2) is 30.7 Å². The third kappa shape index (κ3) is 2.45. The molecule has 0 fully saturated rings. The zero-order chi connectivity index (χ0) is 13.0. The molecule has 0 aromatic carbocycles. The van der Waals surface area contributed by atoms with Crippen LogP contribution in [0.2, 0.25) is 0 Å². The third-order valence-corrected chi connectivity index (χ3v) is 2.97. The summed E-state index contributed by atoms with van der Waals surface area (Å²) in [5.74, 6) is 0.727. The Balaban J connectivity index is 2.11. The fourth-order valence-corrected chi connectivity index (χ4v) is 1.96. The molecule has 2 heterocycles. The summed E-state index contributed by atoms with van der Waals surface area (Å²) in [6, 6.07) is 3.63. The van der Waals surface area contributed by atoms with Gasteiger partial charge in [0.2, 0.25) is 0 Å². The molecule has 0 bridgehead atoms. The van der Waals surface area contributed by atoms with Crippen LogP contribution < -0.4 is 5.32 Å². The van der Waals surface area contributed by atoms with Gasteiger partial charge in [0.15, 0.2) is 0 Å². The van der Waals surface area contributed by atoms with Crippen LogP contribution in [0.1, 0.15) is 42.6 Å². The minimum absolute atomic E-state index is 0.0647. The molecule has 96 valence electrons. The van der Waals surface area contributed by atoms with Gasteiger partial charge >= 0.3 is 0 Å². The summed E-state index contributed by atoms with van der Waals surface area (Å²) in [4.78, 5) is 19.4. The first-order chi connectivity index (χ1) is 8.76. The molecular weight excluding hydrogens is 228 g/mol. The van der Waals surface area contributed by atoms with E-state index in [0.717, 1.165) is 18.8 Å². The van der Waals surface area contributed by atoms with Gasteiger partial charge in [-0.2, -0.15) is 0 Å². The lowest BCUT2D eigenvalue weighted by Crippen LogP contribution is -2.30. The predicted octanol–water partition coefficient (Wildman–Crippen LogP) is 2.11. The average Bonchev–Trinajstić information content (AvgIpc) is 3.05. The van der Waals surface area contributed by atoms with Crippen LogP contribution in [0.4, 0.5) is 0 Å². The number of aromatic amines is 1. The van der Waals surface area contributed by atoms with E-state index in [0.29, 0.717) is 5.69 Å². The molecule has 0 saturated carbocycles. The molecular formula is C13H18N4O. The summed E-state index contributed by atoms with van der Waals surface area (Å²) in [6.45, 7) is 4.82. The smallest absolute Gasteiger partial charge is 0.268 e. The first kappa shape index (κ1) is 12.4. The minimum Gasteiger partial charge on any atom is -0.347 e. The summed E-state index contributed by atoms with van der Waals surface area (Å²) in [6.07, 6.45) is 6.16. The largest absolute Gasteiger partial charge is 0.347 e. The number of nitrogens with one attached hydrogen (secondary N) is 2. The molecule has 2 rings (SSSR count). The summed E-state index contributed by atoms with van der Waals surface area (Å²) < 4.78 is 1.92. The highest BCUT2D eigenvalue weighted by Crippen LogP contribution is 2.13. The van der Waals surface area contributed by atoms with E-state index in [-0.39, 0.29) is 11.9 Å². The maximum Gasteiger partial charge on any atom is 0.268 e. The van der Waals surface area contributed by atoms with Crippen LogP contribution in [0.5, 0.6) is 0 Å². The second-order valence-corrected chi connectivity index (χ2v) is 4.09. The first-order valence-electron chi connectivity index (χ1n) is 6.21. The Hall–Kier alpha value is -2.04. The van der Waals surface area contributed by atoms with Crippen molar-refractivity contribution in [3.8, 4) is 0 Å². The maximum absolute atomic E-state index is 12.2. The number of nitrogens with zero attached hydrogens (tertiary/aromatic N) is 2. The number of aryl methyl sites for hydroxylation is 1. The number of carbonyl (C=O) groups excluding carboxylic acids is 1. The zero-order valence-electron chi connectivity index (χ0n) is 10.7. The van der Waals surface area contributed by atoms with Gasteiger partial charge in [-0.15, -0.1) is 0 Å². The molecule has 1 unspecified atom stereocenters. The van der Waals surface area contributed by atoms with E-state index in [9.17, 15) is 4.79 Å². The molecule has 0 radical (unpaired) electrons. The van der Waals surface area contributed by atoms with E-state index in [4.69, 9.17) is 0 Å². The Bertz CT molecular complexity index is 501. The van der Waals surface area contributed by atoms with Gasteiger partial charge < -0.3 is 14.9 Å². The van der Waals surface area contributed by atoms with Crippen molar-refractivity contribution in [1.82, 2.24) is 19.9 Å². The lowest BCUT2D eigenvalue weighted by Gasteiger charge is -2.15. The number of aromatic nitrogens is 3. The molecule has 1 amide bonds. The number of amides is 1. The van der Waals surface area contributed by atoms with E-state index in [1.54, 1.807) is 12.4 Å². The van der Waals surface area contributed by atoms with Crippen molar-refractivity contribution in [3.05, 3.63) is 42.2 Å². The molecule has 5 heteroatoms. The second-order valence-electron chi connectivity index (χ2n) is 4.09. The van der Waals surface area contributed by atoms with Crippen LogP contribution in [-0.4, -0.2) is 20.4 Å². The SMILES string of the molecule is CCC(NC(=O)c1cccn1CC)c1ncc[nH]1. The van der Waals surface area contributed by atoms with Gasteiger partial charge in [0, 0.05) is 25.1 Å². The van der Waals surface area contributed by atoms with E-state index in [2.05, 4.69) is 15.3 Å². The van der Waals surface area contributed by atoms with Crippen molar-refractivity contribution >= 4 is 5.91 Å². The summed E-state index contributed by atoms with van der Waals surface area (Å²) in [7, 11) is 0. The zero-order valence-corrected chi connectivity index (χ0v) is 10.7. The fraction of sp³-hybridized carbons (Fsp3) is 0.385. The van der Waals surface area contributed by atoms with E-state index in [1.165, 1.54) is 0 Å². The fourth-order valence-electron chi connectivity index (χ4n) is 1.96. The Morgan fingerprint density at radius 2 is 2.39 bits per heavy atom. The highest BCUT2D eigenvalue weighted by Gasteiger charge is 2.17. The van der Waals surface area contributed by atoms with Gasteiger partial charge in [-0.1, -0.05) is 6.92 Å². The molecule has 0 aliphatic rings. The van der Waals surface area contributed by atoms with Gasteiger partial charge in [-0.05, 0) is 25.5 Å². The van der Waals surface area contributed by atoms with Crippen LogP contribution in [0.3, 0.4) is 0 Å². The Morgan fingerprint density at radius 3 is 3.00 bits per heavy atom. The Kier molecular flexibility index (Phi) is 3.82. The monoisotopic (exact) mass is 246 g/mol. The van der Waals surface area contributed by atoms with E-state index >= 15 is 0 Å². The summed E-state index contributed by atoms with van der Waals surface area (Å²) >= 11 is 0. The van der Waals surface area contributed by atoms with Crippen LogP contribution in [0.25, 0.3) is 0 Å². The van der Waals surface area contributed by atoms with E-state index in [1.807, 2.05) is 36.7 Å². The number of carbonyl (C=O) groups is 1. The van der Waals surface area contributed by atoms with E-state index < -0.39 is 0 Å². The van der Waals surface area contributed by atoms with Crippen molar-refractivity contribution in [1.29, 1.82) is 0 Å². The molecule has 0 aliphatic heterocycles. The highest BCUT2D eigenvalue weighted by atomic mass is 16.2. The minimum atomic E-state index is -0.0762. The first-order valence-corrected chi connectivity index (χ1v) is 6.21. The van der Waals surface area contributed by atoms with Crippen LogP contribution in [0, 0.1) is 0 Å². The lowest BCUT2D eigenvalue weighted by molar-refractivity contribution is 0.0924. The molecule has 0 aliphatic carbocycles. The van der Waals surface area contributed by atoms with Gasteiger partial charge in [-0.3, -0.25) is 4.79 Å². The Morgan fingerprint density at radius 1 is 1.56 bits per heavy atom. The van der Waals surface area contributed by atoms with Gasteiger partial charge in [0.25, 0.3) is 5.91 Å². The number of hydrogen-bond acceptors (Lipinski definition) is 2. The van der Waals surface area contributed by atoms with Gasteiger partial charge in [0.1, 0.15) is 11.5 Å². The molecule has 5 nitrogen and oxygen atoms in total. The molecule has 0 saturated heterocycles. The quantitative estimate of drug-likeness (QED) is 0.848. The van der Waals surface area contributed by atoms with Crippen molar-refractivity contribution in [3.63, 3.8) is 0 Å². The number of H-pyrrole nitrogens is 1. The molecule has 2 N–H and O–H groups in total. The van der Waals surface area contributed by atoms with Crippen LogP contribution >= 0.6 is 0 Å². The standard InChI is InChI=1S/C13H18N4O/c1-3-10(12-14-7-8-15-12)16-13(18)11-6-5-9-17(11)4-2/h5-10H,3-4H2,1-2H3,(H,14,15)(H,16,18). The Labute approximate surface area is 106 Å². The lowest BCUT2D eigenvalue weighted by atomic mass is 10.2. The van der Waals surface area contributed by atoms with Crippen molar-refractivity contribution < 1.29 is 4.79 Å². The third-order valence-electron chi connectivity index (χ3n) is 2.97. The molecule has 18 heavy (non-hydrogen) atoms. The topological polar surface area (TPSA) is 62.7 Å². The molecule has 2 aromatic heterocycles. The molecule has 1 atom stereocenters. The number of imidazole rings is 1. The van der Waals surface area contributed by atoms with Crippen molar-refractivity contribution in [2.24, 2.45) is 0 Å². The highest BCUT2D eigenvalue weighted by molar-refractivity contribution is 5.92. The van der Waals surface area contributed by atoms with Gasteiger partial charge in [0.05, 0.1) is 6.04 Å². The maximum atomic E-state index is 12.2. The van der Waals surface area contributed by atoms with Crippen LogP contribution in [-0.2, 0) is 6.54 Å². The number of rotatable bonds is 5. The van der Waals surface area contributed by atoms with Crippen molar-refractivity contribution in [2.45, 2.75) is 32.9 Å².